The van der Waals surface area contributed by atoms with Gasteiger partial charge in [-0.05, 0) is 18.2 Å². The zero-order chi connectivity index (χ0) is 17.2. The molecule has 5 nitrogen and oxygen atoms in total. The molecular weight excluding hydrogens is 334 g/mol. The summed E-state index contributed by atoms with van der Waals surface area (Å²) in [6, 6.07) is 13.6. The van der Waals surface area contributed by atoms with Gasteiger partial charge in [0.25, 0.3) is 0 Å². The Morgan fingerprint density at radius 1 is 1.08 bits per heavy atom. The third-order valence-corrected chi connectivity index (χ3v) is 4.63. The molecule has 0 fully saturated rings. The summed E-state index contributed by atoms with van der Waals surface area (Å²) < 4.78 is 1.99. The van der Waals surface area contributed by atoms with Gasteiger partial charge in [-0.2, -0.15) is 0 Å². The molecule has 3 heterocycles. The molecule has 0 spiro atoms. The molecule has 0 saturated heterocycles. The van der Waals surface area contributed by atoms with Gasteiger partial charge in [0, 0.05) is 35.0 Å². The lowest BCUT2D eigenvalue weighted by atomic mass is 10.1. The Morgan fingerprint density at radius 2 is 1.84 bits per heavy atom. The summed E-state index contributed by atoms with van der Waals surface area (Å²) in [4.78, 5) is 20.7. The average molecular weight is 347 g/mol. The van der Waals surface area contributed by atoms with Crippen molar-refractivity contribution in [3.05, 3.63) is 72.0 Å². The molecule has 0 aliphatic rings. The van der Waals surface area contributed by atoms with Crippen LogP contribution >= 0.6 is 11.3 Å². The number of thiazole rings is 1. The lowest BCUT2D eigenvalue weighted by Gasteiger charge is -2.04. The van der Waals surface area contributed by atoms with Crippen LogP contribution in [0.2, 0.25) is 0 Å². The zero-order valence-electron chi connectivity index (χ0n) is 13.0. The zero-order valence-corrected chi connectivity index (χ0v) is 13.9. The number of aromatic nitrogens is 3. The summed E-state index contributed by atoms with van der Waals surface area (Å²) in [5.74, 6) is -0.991. The highest BCUT2D eigenvalue weighted by molar-refractivity contribution is 7.15. The summed E-state index contributed by atoms with van der Waals surface area (Å²) in [6.07, 6.45) is 6.22. The number of fused-ring (bicyclic) bond motifs is 1. The monoisotopic (exact) mass is 347 g/mol. The number of carboxylic acids is 1. The van der Waals surface area contributed by atoms with Gasteiger partial charge in [-0.15, -0.1) is 11.3 Å². The molecule has 0 saturated carbocycles. The number of aliphatic carboxylic acids is 1. The van der Waals surface area contributed by atoms with Crippen LogP contribution in [0.1, 0.15) is 5.69 Å². The molecule has 0 bridgehead atoms. The minimum atomic E-state index is -0.991. The molecule has 0 amide bonds. The van der Waals surface area contributed by atoms with Crippen LogP contribution in [0.15, 0.2) is 66.3 Å². The van der Waals surface area contributed by atoms with Crippen LogP contribution in [0, 0.1) is 0 Å². The summed E-state index contributed by atoms with van der Waals surface area (Å²) in [5, 5.41) is 11.1. The molecule has 6 heteroatoms. The molecule has 1 N–H and O–H groups in total. The summed E-state index contributed by atoms with van der Waals surface area (Å²) in [5.41, 5.74) is 4.42. The van der Waals surface area contributed by atoms with E-state index in [0.29, 0.717) is 0 Å². The Morgan fingerprint density at radius 3 is 2.56 bits per heavy atom. The van der Waals surface area contributed by atoms with E-state index in [1.807, 2.05) is 52.2 Å². The second kappa shape index (κ2) is 6.33. The maximum absolute atomic E-state index is 11.0. The van der Waals surface area contributed by atoms with Gasteiger partial charge in [0.1, 0.15) is 0 Å². The molecule has 0 aliphatic heterocycles. The molecule has 0 radical (unpaired) electrons. The van der Waals surface area contributed by atoms with E-state index in [-0.39, 0.29) is 0 Å². The van der Waals surface area contributed by atoms with Crippen LogP contribution in [0.4, 0.5) is 0 Å². The molecule has 4 aromatic rings. The first-order chi connectivity index (χ1) is 12.2. The van der Waals surface area contributed by atoms with Crippen molar-refractivity contribution in [2.24, 2.45) is 0 Å². The molecular formula is C19H13N3O2S. The largest absolute Gasteiger partial charge is 0.478 e. The van der Waals surface area contributed by atoms with Crippen molar-refractivity contribution in [2.75, 3.05) is 0 Å². The molecule has 4 rings (SSSR count). The highest BCUT2D eigenvalue weighted by atomic mass is 32.1. The first-order valence-corrected chi connectivity index (χ1v) is 8.49. The summed E-state index contributed by atoms with van der Waals surface area (Å²) in [7, 11) is 0. The molecule has 122 valence electrons. The van der Waals surface area contributed by atoms with E-state index in [1.54, 1.807) is 18.5 Å². The van der Waals surface area contributed by atoms with Crippen molar-refractivity contribution in [3.63, 3.8) is 0 Å². The van der Waals surface area contributed by atoms with E-state index in [9.17, 15) is 4.79 Å². The van der Waals surface area contributed by atoms with E-state index >= 15 is 0 Å². The van der Waals surface area contributed by atoms with E-state index < -0.39 is 5.97 Å². The minimum Gasteiger partial charge on any atom is -0.478 e. The van der Waals surface area contributed by atoms with Crippen LogP contribution in [0.3, 0.4) is 0 Å². The molecule has 3 aromatic heterocycles. The van der Waals surface area contributed by atoms with Crippen LogP contribution < -0.4 is 0 Å². The Bertz CT molecular complexity index is 1070. The van der Waals surface area contributed by atoms with Gasteiger partial charge < -0.3 is 5.11 Å². The van der Waals surface area contributed by atoms with Gasteiger partial charge in [-0.25, -0.2) is 9.78 Å². The van der Waals surface area contributed by atoms with Crippen molar-refractivity contribution in [2.45, 2.75) is 0 Å². The molecule has 1 aromatic carbocycles. The summed E-state index contributed by atoms with van der Waals surface area (Å²) in [6.45, 7) is 0. The number of imidazole rings is 1. The molecule has 0 atom stereocenters. The number of hydrogen-bond donors (Lipinski definition) is 1. The maximum Gasteiger partial charge on any atom is 0.328 e. The van der Waals surface area contributed by atoms with Gasteiger partial charge >= 0.3 is 5.97 Å². The molecule has 25 heavy (non-hydrogen) atoms. The minimum absolute atomic E-state index is 0.747. The van der Waals surface area contributed by atoms with Crippen molar-refractivity contribution < 1.29 is 9.90 Å². The normalized spacial score (nSPS) is 11.4. The van der Waals surface area contributed by atoms with E-state index in [1.165, 1.54) is 11.3 Å². The van der Waals surface area contributed by atoms with E-state index in [4.69, 9.17) is 10.1 Å². The number of hydrogen-bond acceptors (Lipinski definition) is 4. The van der Waals surface area contributed by atoms with Crippen molar-refractivity contribution in [1.82, 2.24) is 14.4 Å². The van der Waals surface area contributed by atoms with Gasteiger partial charge in [0.15, 0.2) is 4.96 Å². The third kappa shape index (κ3) is 2.83. The lowest BCUT2D eigenvalue weighted by molar-refractivity contribution is -0.131. The number of benzene rings is 1. The predicted molar refractivity (Wildman–Crippen MR) is 98.4 cm³/mol. The Balaban J connectivity index is 1.99. The fraction of sp³-hybridized carbons (Fsp3) is 0. The Hall–Kier alpha value is -3.25. The number of pyridine rings is 1. The lowest BCUT2D eigenvalue weighted by Crippen LogP contribution is -1.92. The fourth-order valence-electron chi connectivity index (χ4n) is 2.72. The van der Waals surface area contributed by atoms with Crippen LogP contribution in [-0.4, -0.2) is 25.4 Å². The SMILES string of the molecule is O=C(O)/C=C/c1c(-c2ccccc2)nc2scc(-c3ccncc3)n12. The number of nitrogens with zero attached hydrogens (tertiary/aromatic N) is 3. The quantitative estimate of drug-likeness (QED) is 0.561. The van der Waals surface area contributed by atoms with Gasteiger partial charge in [-0.1, -0.05) is 30.3 Å². The average Bonchev–Trinajstić information content (AvgIpc) is 3.21. The van der Waals surface area contributed by atoms with Crippen molar-refractivity contribution >= 4 is 28.3 Å². The van der Waals surface area contributed by atoms with Crippen LogP contribution in [-0.2, 0) is 4.79 Å². The second-order valence-corrected chi connectivity index (χ2v) is 6.19. The van der Waals surface area contributed by atoms with Crippen LogP contribution in [0.5, 0.6) is 0 Å². The predicted octanol–water partition coefficient (Wildman–Crippen LogP) is 4.22. The number of rotatable bonds is 4. The van der Waals surface area contributed by atoms with E-state index in [0.717, 1.165) is 39.2 Å². The highest BCUT2D eigenvalue weighted by Gasteiger charge is 2.17. The second-order valence-electron chi connectivity index (χ2n) is 5.36. The molecule has 0 aliphatic carbocycles. The number of carbonyl (C=O) groups is 1. The summed E-state index contributed by atoms with van der Waals surface area (Å²) >= 11 is 1.52. The smallest absolute Gasteiger partial charge is 0.328 e. The first kappa shape index (κ1) is 15.3. The van der Waals surface area contributed by atoms with E-state index in [2.05, 4.69) is 4.98 Å². The van der Waals surface area contributed by atoms with Gasteiger partial charge in [0.2, 0.25) is 0 Å². The Kier molecular flexibility index (Phi) is 3.87. The standard InChI is InChI=1S/C19H13N3O2S/c23-17(24)7-6-15-18(14-4-2-1-3-5-14)21-19-22(15)16(12-25-19)13-8-10-20-11-9-13/h1-12H,(H,23,24)/b7-6+. The first-order valence-electron chi connectivity index (χ1n) is 7.61. The van der Waals surface area contributed by atoms with Crippen LogP contribution in [0.25, 0.3) is 33.6 Å². The fourth-order valence-corrected chi connectivity index (χ4v) is 3.62. The van der Waals surface area contributed by atoms with Gasteiger partial charge in [-0.3, -0.25) is 9.38 Å². The van der Waals surface area contributed by atoms with Gasteiger partial charge in [0.05, 0.1) is 17.1 Å². The topological polar surface area (TPSA) is 67.5 Å². The highest BCUT2D eigenvalue weighted by Crippen LogP contribution is 2.33. The third-order valence-electron chi connectivity index (χ3n) is 3.81. The molecule has 0 unspecified atom stereocenters. The maximum atomic E-state index is 11.0. The Labute approximate surface area is 147 Å². The van der Waals surface area contributed by atoms with Crippen molar-refractivity contribution in [1.29, 1.82) is 0 Å². The van der Waals surface area contributed by atoms with Crippen molar-refractivity contribution in [3.8, 4) is 22.5 Å². The number of carboxylic acid groups (broad SMARTS) is 1.